The second-order valence-corrected chi connectivity index (χ2v) is 8.03. The molecule has 2 aliphatic carbocycles. The molecule has 134 valence electrons. The first-order chi connectivity index (χ1) is 12.1. The second-order valence-electron chi connectivity index (χ2n) is 8.03. The number of amides is 2. The molecule has 3 fully saturated rings. The van der Waals surface area contributed by atoms with Crippen LogP contribution in [-0.2, 0) is 16.0 Å². The number of benzene rings is 1. The van der Waals surface area contributed by atoms with Crippen molar-refractivity contribution in [2.75, 3.05) is 19.6 Å². The lowest BCUT2D eigenvalue weighted by molar-refractivity contribution is -0.130. The molecule has 0 aromatic heterocycles. The Hall–Kier alpha value is -1.91. The van der Waals surface area contributed by atoms with E-state index in [0.717, 1.165) is 31.4 Å². The van der Waals surface area contributed by atoms with Gasteiger partial charge in [0.2, 0.25) is 11.8 Å². The van der Waals surface area contributed by atoms with Crippen molar-refractivity contribution in [3.05, 3.63) is 35.6 Å². The molecule has 5 heteroatoms. The highest BCUT2D eigenvalue weighted by atomic mass is 19.1. The van der Waals surface area contributed by atoms with Crippen molar-refractivity contribution in [2.24, 2.45) is 17.3 Å². The molecule has 4 rings (SSSR count). The smallest absolute Gasteiger partial charge is 0.227 e. The van der Waals surface area contributed by atoms with E-state index in [-0.39, 0.29) is 35.4 Å². The number of hydrogen-bond donors (Lipinski definition) is 1. The van der Waals surface area contributed by atoms with Crippen molar-refractivity contribution in [2.45, 2.75) is 38.5 Å². The van der Waals surface area contributed by atoms with E-state index < -0.39 is 0 Å². The molecule has 1 heterocycles. The topological polar surface area (TPSA) is 49.4 Å². The molecule has 3 aliphatic rings. The third-order valence-corrected chi connectivity index (χ3v) is 6.20. The maximum atomic E-state index is 13.0. The number of likely N-dealkylation sites (tertiary alicyclic amines) is 1. The predicted molar refractivity (Wildman–Crippen MR) is 92.2 cm³/mol. The maximum Gasteiger partial charge on any atom is 0.227 e. The fourth-order valence-electron chi connectivity index (χ4n) is 4.24. The molecule has 4 nitrogen and oxygen atoms in total. The summed E-state index contributed by atoms with van der Waals surface area (Å²) in [6.45, 7) is 2.00. The molecule has 2 saturated carbocycles. The van der Waals surface area contributed by atoms with Gasteiger partial charge in [-0.2, -0.15) is 0 Å². The van der Waals surface area contributed by atoms with Crippen LogP contribution in [0.2, 0.25) is 0 Å². The minimum atomic E-state index is -0.293. The Bertz CT molecular complexity index is 665. The zero-order chi connectivity index (χ0) is 17.4. The van der Waals surface area contributed by atoms with Gasteiger partial charge in [-0.3, -0.25) is 9.59 Å². The van der Waals surface area contributed by atoms with Crippen LogP contribution in [-0.4, -0.2) is 36.3 Å². The SMILES string of the molecule is O=C(NCC1CC1)C1CN(C(=O)Cc2ccc(F)cc2)CC12CCC2. The Morgan fingerprint density at radius 2 is 1.92 bits per heavy atom. The van der Waals surface area contributed by atoms with Crippen LogP contribution in [0, 0.1) is 23.1 Å². The van der Waals surface area contributed by atoms with Crippen LogP contribution in [0.4, 0.5) is 4.39 Å². The van der Waals surface area contributed by atoms with Crippen molar-refractivity contribution in [3.8, 4) is 0 Å². The van der Waals surface area contributed by atoms with Crippen LogP contribution in [0.5, 0.6) is 0 Å². The molecule has 1 aromatic carbocycles. The van der Waals surface area contributed by atoms with Crippen LogP contribution >= 0.6 is 0 Å². The lowest BCUT2D eigenvalue weighted by atomic mass is 9.62. The van der Waals surface area contributed by atoms with E-state index in [0.29, 0.717) is 19.0 Å². The minimum absolute atomic E-state index is 0.00785. The first-order valence-electron chi connectivity index (χ1n) is 9.36. The highest BCUT2D eigenvalue weighted by Crippen LogP contribution is 2.51. The zero-order valence-corrected chi connectivity index (χ0v) is 14.5. The zero-order valence-electron chi connectivity index (χ0n) is 14.5. The summed E-state index contributed by atoms with van der Waals surface area (Å²) in [6.07, 6.45) is 5.93. The monoisotopic (exact) mass is 344 g/mol. The molecule has 25 heavy (non-hydrogen) atoms. The number of carbonyl (C=O) groups is 2. The van der Waals surface area contributed by atoms with Gasteiger partial charge in [0.15, 0.2) is 0 Å². The van der Waals surface area contributed by atoms with Crippen molar-refractivity contribution >= 4 is 11.8 Å². The average Bonchev–Trinajstić information content (AvgIpc) is 3.30. The molecule has 0 bridgehead atoms. The Kier molecular flexibility index (Phi) is 4.26. The van der Waals surface area contributed by atoms with Crippen LogP contribution in [0.25, 0.3) is 0 Å². The third kappa shape index (κ3) is 3.42. The molecule has 1 unspecified atom stereocenters. The second kappa shape index (κ2) is 6.43. The quantitative estimate of drug-likeness (QED) is 0.892. The van der Waals surface area contributed by atoms with Gasteiger partial charge in [0, 0.05) is 25.0 Å². The number of carbonyl (C=O) groups excluding carboxylic acids is 2. The van der Waals surface area contributed by atoms with Gasteiger partial charge in [-0.25, -0.2) is 4.39 Å². The Morgan fingerprint density at radius 1 is 1.20 bits per heavy atom. The molecule has 1 aromatic rings. The highest BCUT2D eigenvalue weighted by molar-refractivity contribution is 5.84. The van der Waals surface area contributed by atoms with Gasteiger partial charge in [-0.1, -0.05) is 18.6 Å². The molecule has 0 radical (unpaired) electrons. The molecule has 1 aliphatic heterocycles. The predicted octanol–water partition coefficient (Wildman–Crippen LogP) is 2.52. The average molecular weight is 344 g/mol. The van der Waals surface area contributed by atoms with E-state index in [2.05, 4.69) is 5.32 Å². The van der Waals surface area contributed by atoms with Crippen molar-refractivity contribution in [1.82, 2.24) is 10.2 Å². The van der Waals surface area contributed by atoms with Crippen LogP contribution in [0.15, 0.2) is 24.3 Å². The standard InChI is InChI=1S/C20H25FN2O2/c21-16-6-4-14(5-7-16)10-18(24)23-12-17(20(13-23)8-1-9-20)19(25)22-11-15-2-3-15/h4-7,15,17H,1-3,8-13H2,(H,22,25). The number of hydrogen-bond acceptors (Lipinski definition) is 2. The molecule has 2 amide bonds. The van der Waals surface area contributed by atoms with Gasteiger partial charge < -0.3 is 10.2 Å². The first kappa shape index (κ1) is 16.6. The van der Waals surface area contributed by atoms with Gasteiger partial charge in [-0.05, 0) is 49.3 Å². The summed E-state index contributed by atoms with van der Waals surface area (Å²) in [6, 6.07) is 6.08. The third-order valence-electron chi connectivity index (χ3n) is 6.20. The summed E-state index contributed by atoms with van der Waals surface area (Å²) >= 11 is 0. The number of rotatable bonds is 5. The normalized spacial score (nSPS) is 24.2. The lowest BCUT2D eigenvalue weighted by Crippen LogP contribution is -2.45. The van der Waals surface area contributed by atoms with Gasteiger partial charge >= 0.3 is 0 Å². The fourth-order valence-corrected chi connectivity index (χ4v) is 4.24. The highest BCUT2D eigenvalue weighted by Gasteiger charge is 2.54. The molecular weight excluding hydrogens is 319 g/mol. The number of nitrogens with zero attached hydrogens (tertiary/aromatic N) is 1. The van der Waals surface area contributed by atoms with Gasteiger partial charge in [0.05, 0.1) is 12.3 Å². The van der Waals surface area contributed by atoms with Crippen LogP contribution in [0.3, 0.4) is 0 Å². The van der Waals surface area contributed by atoms with Crippen LogP contribution < -0.4 is 5.32 Å². The first-order valence-corrected chi connectivity index (χ1v) is 9.36. The summed E-state index contributed by atoms with van der Waals surface area (Å²) < 4.78 is 13.0. The summed E-state index contributed by atoms with van der Waals surface area (Å²) in [7, 11) is 0. The molecule has 1 saturated heterocycles. The largest absolute Gasteiger partial charge is 0.356 e. The van der Waals surface area contributed by atoms with Crippen molar-refractivity contribution < 1.29 is 14.0 Å². The van der Waals surface area contributed by atoms with E-state index in [9.17, 15) is 14.0 Å². The van der Waals surface area contributed by atoms with E-state index in [1.807, 2.05) is 4.90 Å². The van der Waals surface area contributed by atoms with E-state index in [4.69, 9.17) is 0 Å². The van der Waals surface area contributed by atoms with Gasteiger partial charge in [0.1, 0.15) is 5.82 Å². The summed E-state index contributed by atoms with van der Waals surface area (Å²) in [5.41, 5.74) is 0.808. The van der Waals surface area contributed by atoms with Gasteiger partial charge in [0.25, 0.3) is 0 Å². The summed E-state index contributed by atoms with van der Waals surface area (Å²) in [5, 5.41) is 3.11. The Labute approximate surface area is 147 Å². The Balaban J connectivity index is 1.39. The van der Waals surface area contributed by atoms with Crippen molar-refractivity contribution in [3.63, 3.8) is 0 Å². The maximum absolute atomic E-state index is 13.0. The minimum Gasteiger partial charge on any atom is -0.356 e. The van der Waals surface area contributed by atoms with Crippen LogP contribution in [0.1, 0.15) is 37.7 Å². The number of nitrogens with one attached hydrogen (secondary N) is 1. The molecule has 1 spiro atoms. The molecule has 1 atom stereocenters. The van der Waals surface area contributed by atoms with E-state index >= 15 is 0 Å². The lowest BCUT2D eigenvalue weighted by Gasteiger charge is -2.41. The molecule has 1 N–H and O–H groups in total. The number of halogens is 1. The van der Waals surface area contributed by atoms with Gasteiger partial charge in [-0.15, -0.1) is 0 Å². The van der Waals surface area contributed by atoms with E-state index in [1.54, 1.807) is 12.1 Å². The summed E-state index contributed by atoms with van der Waals surface area (Å²) in [5.74, 6) is 0.466. The summed E-state index contributed by atoms with van der Waals surface area (Å²) in [4.78, 5) is 27.2. The Morgan fingerprint density at radius 3 is 2.52 bits per heavy atom. The molecular formula is C20H25FN2O2. The fraction of sp³-hybridized carbons (Fsp3) is 0.600. The van der Waals surface area contributed by atoms with E-state index in [1.165, 1.54) is 25.0 Å². The van der Waals surface area contributed by atoms with Crippen molar-refractivity contribution in [1.29, 1.82) is 0 Å².